The fraction of sp³-hybridized carbons (Fsp3) is 0.385. The molecular weight excluding hydrogens is 216 g/mol. The summed E-state index contributed by atoms with van der Waals surface area (Å²) in [5.74, 6) is 1.50. The van der Waals surface area contributed by atoms with Crippen molar-refractivity contribution in [2.75, 3.05) is 6.61 Å². The third-order valence-electron chi connectivity index (χ3n) is 2.41. The lowest BCUT2D eigenvalue weighted by molar-refractivity contribution is 0.312. The molecule has 0 saturated heterocycles. The Hall–Kier alpha value is -2.02. The Labute approximate surface area is 99.8 Å². The van der Waals surface area contributed by atoms with Crippen molar-refractivity contribution in [2.24, 2.45) is 0 Å². The lowest BCUT2D eigenvalue weighted by atomic mass is 10.3. The molecule has 17 heavy (non-hydrogen) atoms. The molecule has 0 aliphatic carbocycles. The molecule has 0 aliphatic heterocycles. The van der Waals surface area contributed by atoms with Gasteiger partial charge in [0.05, 0.1) is 12.7 Å². The zero-order valence-corrected chi connectivity index (χ0v) is 9.77. The number of unbranched alkanes of at least 4 members (excludes halogenated alkanes) is 1. The van der Waals surface area contributed by atoms with Gasteiger partial charge < -0.3 is 9.15 Å². The number of benzene rings is 1. The van der Waals surface area contributed by atoms with Gasteiger partial charge >= 0.3 is 0 Å². The van der Waals surface area contributed by atoms with Crippen LogP contribution >= 0.6 is 0 Å². The number of nitrogens with zero attached hydrogens (tertiary/aromatic N) is 2. The number of ether oxygens (including phenoxy) is 1. The summed E-state index contributed by atoms with van der Waals surface area (Å²) in [6, 6.07) is 7.69. The van der Waals surface area contributed by atoms with Crippen LogP contribution in [0.4, 0.5) is 0 Å². The summed E-state index contributed by atoms with van der Waals surface area (Å²) in [5, 5.41) is 8.41. The molecule has 0 fully saturated rings. The molecule has 1 aromatic carbocycles. The van der Waals surface area contributed by atoms with E-state index >= 15 is 0 Å². The maximum atomic E-state index is 8.41. The zero-order valence-electron chi connectivity index (χ0n) is 9.77. The fourth-order valence-corrected chi connectivity index (χ4v) is 1.53. The first-order valence-corrected chi connectivity index (χ1v) is 5.72. The molecule has 0 N–H and O–H groups in total. The summed E-state index contributed by atoms with van der Waals surface area (Å²) < 4.78 is 11.1. The topological polar surface area (TPSA) is 59.0 Å². The number of nitriles is 1. The molecule has 88 valence electrons. The molecule has 0 atom stereocenters. The molecular formula is C13H14N2O2. The van der Waals surface area contributed by atoms with Gasteiger partial charge in [-0.05, 0) is 18.6 Å². The predicted molar refractivity (Wildman–Crippen MR) is 63.7 cm³/mol. The van der Waals surface area contributed by atoms with Crippen molar-refractivity contribution in [3.8, 4) is 11.8 Å². The number of hydrogen-bond acceptors (Lipinski definition) is 4. The van der Waals surface area contributed by atoms with E-state index in [1.807, 2.05) is 25.1 Å². The normalized spacial score (nSPS) is 10.4. The zero-order chi connectivity index (χ0) is 12.1. The van der Waals surface area contributed by atoms with Crippen LogP contribution in [0.3, 0.4) is 0 Å². The van der Waals surface area contributed by atoms with E-state index in [-0.39, 0.29) is 0 Å². The lowest BCUT2D eigenvalue weighted by Gasteiger charge is -2.03. The van der Waals surface area contributed by atoms with E-state index < -0.39 is 0 Å². The van der Waals surface area contributed by atoms with Gasteiger partial charge in [-0.3, -0.25) is 0 Å². The summed E-state index contributed by atoms with van der Waals surface area (Å²) in [7, 11) is 0. The second-order valence-corrected chi connectivity index (χ2v) is 3.70. The molecule has 4 heteroatoms. The number of rotatable bonds is 5. The Kier molecular flexibility index (Phi) is 3.61. The monoisotopic (exact) mass is 230 g/mol. The molecule has 1 aromatic heterocycles. The van der Waals surface area contributed by atoms with E-state index in [1.54, 1.807) is 0 Å². The van der Waals surface area contributed by atoms with Gasteiger partial charge in [-0.1, -0.05) is 6.92 Å². The predicted octanol–water partition coefficient (Wildman–Crippen LogP) is 3.07. The van der Waals surface area contributed by atoms with E-state index in [4.69, 9.17) is 14.4 Å². The highest BCUT2D eigenvalue weighted by Gasteiger charge is 2.05. The van der Waals surface area contributed by atoms with Crippen LogP contribution in [0, 0.1) is 11.3 Å². The van der Waals surface area contributed by atoms with Crippen molar-refractivity contribution in [1.82, 2.24) is 4.98 Å². The smallest absolute Gasteiger partial charge is 0.195 e. The number of oxazole rings is 1. The van der Waals surface area contributed by atoms with Crippen molar-refractivity contribution < 1.29 is 9.15 Å². The van der Waals surface area contributed by atoms with E-state index in [2.05, 4.69) is 11.1 Å². The van der Waals surface area contributed by atoms with Crippen LogP contribution in [-0.2, 0) is 6.42 Å². The second kappa shape index (κ2) is 5.35. The lowest BCUT2D eigenvalue weighted by Crippen LogP contribution is -1.96. The van der Waals surface area contributed by atoms with Crippen LogP contribution in [0.15, 0.2) is 22.6 Å². The average molecular weight is 230 g/mol. The molecule has 4 nitrogen and oxygen atoms in total. The van der Waals surface area contributed by atoms with Crippen LogP contribution in [0.1, 0.15) is 25.7 Å². The standard InChI is InChI=1S/C13H14N2O2/c1-2-13-15-11-6-5-10(9-12(11)17-13)16-8-4-3-7-14/h5-6,9H,2-4,8H2,1H3. The minimum Gasteiger partial charge on any atom is -0.493 e. The first-order valence-electron chi connectivity index (χ1n) is 5.72. The summed E-state index contributed by atoms with van der Waals surface area (Å²) in [4.78, 5) is 4.32. The molecule has 0 aliphatic rings. The number of aryl methyl sites for hydroxylation is 1. The molecule has 2 rings (SSSR count). The molecule has 0 bridgehead atoms. The Bertz CT molecular complexity index is 540. The SMILES string of the molecule is CCc1nc2ccc(OCCCC#N)cc2o1. The largest absolute Gasteiger partial charge is 0.493 e. The maximum Gasteiger partial charge on any atom is 0.195 e. The van der Waals surface area contributed by atoms with Crippen molar-refractivity contribution in [2.45, 2.75) is 26.2 Å². The van der Waals surface area contributed by atoms with Crippen LogP contribution in [-0.4, -0.2) is 11.6 Å². The van der Waals surface area contributed by atoms with Gasteiger partial charge in [0.1, 0.15) is 11.3 Å². The Morgan fingerprint density at radius 3 is 3.12 bits per heavy atom. The summed E-state index contributed by atoms with van der Waals surface area (Å²) >= 11 is 0. The van der Waals surface area contributed by atoms with Gasteiger partial charge in [0.2, 0.25) is 0 Å². The average Bonchev–Trinajstić information content (AvgIpc) is 2.77. The van der Waals surface area contributed by atoms with Crippen LogP contribution in [0.2, 0.25) is 0 Å². The van der Waals surface area contributed by atoms with Crippen LogP contribution in [0.5, 0.6) is 5.75 Å². The van der Waals surface area contributed by atoms with Gasteiger partial charge in [-0.2, -0.15) is 5.26 Å². The molecule has 1 heterocycles. The Balaban J connectivity index is 2.06. The van der Waals surface area contributed by atoms with Crippen molar-refractivity contribution in [3.63, 3.8) is 0 Å². The highest BCUT2D eigenvalue weighted by atomic mass is 16.5. The van der Waals surface area contributed by atoms with E-state index in [9.17, 15) is 0 Å². The van der Waals surface area contributed by atoms with Gasteiger partial charge in [0.15, 0.2) is 11.5 Å². The van der Waals surface area contributed by atoms with E-state index in [0.717, 1.165) is 35.6 Å². The molecule has 0 unspecified atom stereocenters. The van der Waals surface area contributed by atoms with Gasteiger partial charge in [-0.15, -0.1) is 0 Å². The fourth-order valence-electron chi connectivity index (χ4n) is 1.53. The highest BCUT2D eigenvalue weighted by molar-refractivity contribution is 5.74. The van der Waals surface area contributed by atoms with Crippen molar-refractivity contribution in [1.29, 1.82) is 5.26 Å². The van der Waals surface area contributed by atoms with Crippen molar-refractivity contribution >= 4 is 11.1 Å². The van der Waals surface area contributed by atoms with E-state index in [0.29, 0.717) is 13.0 Å². The highest BCUT2D eigenvalue weighted by Crippen LogP contribution is 2.22. The van der Waals surface area contributed by atoms with Gasteiger partial charge in [0, 0.05) is 18.9 Å². The summed E-state index contributed by atoms with van der Waals surface area (Å²) in [6.07, 6.45) is 2.04. The first kappa shape index (κ1) is 11.5. The van der Waals surface area contributed by atoms with Gasteiger partial charge in [0.25, 0.3) is 0 Å². The summed E-state index contributed by atoms with van der Waals surface area (Å²) in [6.45, 7) is 2.55. The molecule has 0 amide bonds. The quantitative estimate of drug-likeness (QED) is 0.740. The van der Waals surface area contributed by atoms with Crippen LogP contribution < -0.4 is 4.74 Å². The second-order valence-electron chi connectivity index (χ2n) is 3.70. The number of fused-ring (bicyclic) bond motifs is 1. The van der Waals surface area contributed by atoms with Gasteiger partial charge in [-0.25, -0.2) is 4.98 Å². The maximum absolute atomic E-state index is 8.41. The molecule has 0 radical (unpaired) electrons. The third kappa shape index (κ3) is 2.76. The summed E-state index contributed by atoms with van der Waals surface area (Å²) in [5.41, 5.74) is 1.60. The Morgan fingerprint density at radius 1 is 1.47 bits per heavy atom. The number of aromatic nitrogens is 1. The first-order chi connectivity index (χ1) is 8.33. The van der Waals surface area contributed by atoms with E-state index in [1.165, 1.54) is 0 Å². The molecule has 2 aromatic rings. The minimum atomic E-state index is 0.518. The minimum absolute atomic E-state index is 0.518. The third-order valence-corrected chi connectivity index (χ3v) is 2.41. The molecule has 0 spiro atoms. The van der Waals surface area contributed by atoms with Crippen molar-refractivity contribution in [3.05, 3.63) is 24.1 Å². The Morgan fingerprint density at radius 2 is 2.35 bits per heavy atom. The van der Waals surface area contributed by atoms with Crippen LogP contribution in [0.25, 0.3) is 11.1 Å². The molecule has 0 saturated carbocycles. The number of hydrogen-bond donors (Lipinski definition) is 0.